The molecule has 3 rings (SSSR count). The van der Waals surface area contributed by atoms with Crippen molar-refractivity contribution in [1.29, 1.82) is 0 Å². The molecule has 1 saturated heterocycles. The minimum Gasteiger partial charge on any atom is -0.391 e. The lowest BCUT2D eigenvalue weighted by molar-refractivity contribution is -0.0494. The number of fused-ring (bicyclic) bond motifs is 1. The average Bonchev–Trinajstić information content (AvgIpc) is 3.02. The Morgan fingerprint density at radius 3 is 2.76 bits per heavy atom. The molecule has 1 fully saturated rings. The van der Waals surface area contributed by atoms with E-state index < -0.39 is 0 Å². The number of aliphatic hydroxyl groups is 1. The van der Waals surface area contributed by atoms with Crippen molar-refractivity contribution in [2.75, 3.05) is 19.7 Å². The van der Waals surface area contributed by atoms with Gasteiger partial charge >= 0.3 is 0 Å². The predicted molar refractivity (Wildman–Crippen MR) is 84.3 cm³/mol. The standard InChI is InChI=1S/C18H27NO2/c1-18(2,19-10-5-6-11-19)17(20)13-16-15-8-4-3-7-14(15)9-12-21-16/h3-4,7-8,16-17,20H,5-6,9-13H2,1-2H3. The van der Waals surface area contributed by atoms with Gasteiger partial charge in [-0.3, -0.25) is 4.90 Å². The summed E-state index contributed by atoms with van der Waals surface area (Å²) < 4.78 is 5.95. The fourth-order valence-corrected chi connectivity index (χ4v) is 3.67. The highest BCUT2D eigenvalue weighted by Gasteiger charge is 2.37. The summed E-state index contributed by atoms with van der Waals surface area (Å²) in [6.45, 7) is 7.30. The zero-order valence-corrected chi connectivity index (χ0v) is 13.2. The fourth-order valence-electron chi connectivity index (χ4n) is 3.67. The molecular weight excluding hydrogens is 262 g/mol. The lowest BCUT2D eigenvalue weighted by Gasteiger charge is -2.41. The summed E-state index contributed by atoms with van der Waals surface area (Å²) in [6, 6.07) is 8.49. The second kappa shape index (κ2) is 6.07. The molecule has 1 N–H and O–H groups in total. The van der Waals surface area contributed by atoms with Crippen LogP contribution < -0.4 is 0 Å². The number of hydrogen-bond acceptors (Lipinski definition) is 3. The van der Waals surface area contributed by atoms with Crippen LogP contribution in [0.25, 0.3) is 0 Å². The molecule has 0 radical (unpaired) electrons. The van der Waals surface area contributed by atoms with E-state index in [0.717, 1.165) is 26.1 Å². The SMILES string of the molecule is CC(C)(C(O)CC1OCCc2ccccc21)N1CCCC1. The lowest BCUT2D eigenvalue weighted by atomic mass is 9.87. The average molecular weight is 289 g/mol. The number of ether oxygens (including phenoxy) is 1. The monoisotopic (exact) mass is 289 g/mol. The van der Waals surface area contributed by atoms with Crippen molar-refractivity contribution in [2.24, 2.45) is 0 Å². The molecule has 0 amide bonds. The largest absolute Gasteiger partial charge is 0.391 e. The summed E-state index contributed by atoms with van der Waals surface area (Å²) in [6.07, 6.45) is 3.83. The number of aliphatic hydroxyl groups excluding tert-OH is 1. The summed E-state index contributed by atoms with van der Waals surface area (Å²) in [5.41, 5.74) is 2.46. The van der Waals surface area contributed by atoms with Gasteiger partial charge in [0.15, 0.2) is 0 Å². The van der Waals surface area contributed by atoms with Gasteiger partial charge in [0.25, 0.3) is 0 Å². The van der Waals surface area contributed by atoms with Crippen molar-refractivity contribution in [3.05, 3.63) is 35.4 Å². The molecule has 116 valence electrons. The first-order valence-electron chi connectivity index (χ1n) is 8.21. The van der Waals surface area contributed by atoms with Crippen LogP contribution in [0.15, 0.2) is 24.3 Å². The number of benzene rings is 1. The molecule has 2 unspecified atom stereocenters. The Kier molecular flexibility index (Phi) is 4.34. The van der Waals surface area contributed by atoms with Crippen LogP contribution in [0.2, 0.25) is 0 Å². The zero-order chi connectivity index (χ0) is 14.9. The van der Waals surface area contributed by atoms with E-state index in [2.05, 4.69) is 43.0 Å². The first-order chi connectivity index (χ1) is 10.1. The van der Waals surface area contributed by atoms with Gasteiger partial charge in [0, 0.05) is 12.0 Å². The van der Waals surface area contributed by atoms with Gasteiger partial charge in [0.05, 0.1) is 18.8 Å². The second-order valence-corrected chi connectivity index (χ2v) is 6.91. The Hall–Kier alpha value is -0.900. The maximum Gasteiger partial charge on any atom is 0.0853 e. The summed E-state index contributed by atoms with van der Waals surface area (Å²) in [5, 5.41) is 10.8. The smallest absolute Gasteiger partial charge is 0.0853 e. The lowest BCUT2D eigenvalue weighted by Crippen LogP contribution is -2.51. The topological polar surface area (TPSA) is 32.7 Å². The molecule has 0 aromatic heterocycles. The van der Waals surface area contributed by atoms with Crippen molar-refractivity contribution >= 4 is 0 Å². The van der Waals surface area contributed by atoms with Crippen LogP contribution in [0.5, 0.6) is 0 Å². The quantitative estimate of drug-likeness (QED) is 0.925. The van der Waals surface area contributed by atoms with Gasteiger partial charge in [-0.2, -0.15) is 0 Å². The molecule has 0 saturated carbocycles. The fraction of sp³-hybridized carbons (Fsp3) is 0.667. The maximum absolute atomic E-state index is 10.8. The maximum atomic E-state index is 10.8. The second-order valence-electron chi connectivity index (χ2n) is 6.91. The van der Waals surface area contributed by atoms with E-state index in [4.69, 9.17) is 4.74 Å². The molecule has 2 heterocycles. The van der Waals surface area contributed by atoms with Crippen LogP contribution in [0.1, 0.15) is 50.3 Å². The Balaban J connectivity index is 1.72. The van der Waals surface area contributed by atoms with Crippen molar-refractivity contribution in [2.45, 2.75) is 57.3 Å². The van der Waals surface area contributed by atoms with Crippen LogP contribution >= 0.6 is 0 Å². The molecule has 1 aromatic rings. The predicted octanol–water partition coefficient (Wildman–Crippen LogP) is 2.93. The van der Waals surface area contributed by atoms with Gasteiger partial charge < -0.3 is 9.84 Å². The van der Waals surface area contributed by atoms with E-state index >= 15 is 0 Å². The molecule has 0 aliphatic carbocycles. The molecule has 2 atom stereocenters. The molecule has 3 nitrogen and oxygen atoms in total. The third-order valence-electron chi connectivity index (χ3n) is 5.27. The molecule has 1 aromatic carbocycles. The molecule has 0 spiro atoms. The highest BCUT2D eigenvalue weighted by atomic mass is 16.5. The van der Waals surface area contributed by atoms with Gasteiger partial charge in [-0.25, -0.2) is 0 Å². The summed E-state index contributed by atoms with van der Waals surface area (Å²) in [7, 11) is 0. The Bertz CT molecular complexity index is 480. The van der Waals surface area contributed by atoms with Crippen molar-refractivity contribution in [3.63, 3.8) is 0 Å². The molecule has 2 aliphatic heterocycles. The molecule has 2 aliphatic rings. The number of hydrogen-bond donors (Lipinski definition) is 1. The number of nitrogens with zero attached hydrogens (tertiary/aromatic N) is 1. The zero-order valence-electron chi connectivity index (χ0n) is 13.2. The summed E-state index contributed by atoms with van der Waals surface area (Å²) in [4.78, 5) is 2.42. The van der Waals surface area contributed by atoms with E-state index in [1.807, 2.05) is 0 Å². The van der Waals surface area contributed by atoms with Crippen molar-refractivity contribution < 1.29 is 9.84 Å². The van der Waals surface area contributed by atoms with Crippen LogP contribution in [-0.4, -0.2) is 41.3 Å². The van der Waals surface area contributed by atoms with Gasteiger partial charge in [-0.05, 0) is 57.3 Å². The normalized spacial score (nSPS) is 24.8. The third-order valence-corrected chi connectivity index (χ3v) is 5.27. The number of rotatable bonds is 4. The summed E-state index contributed by atoms with van der Waals surface area (Å²) >= 11 is 0. The van der Waals surface area contributed by atoms with Gasteiger partial charge in [0.2, 0.25) is 0 Å². The third kappa shape index (κ3) is 3.01. The molecule has 21 heavy (non-hydrogen) atoms. The Labute approximate surface area is 127 Å². The van der Waals surface area contributed by atoms with Gasteiger partial charge in [-0.15, -0.1) is 0 Å². The molecule has 3 heteroatoms. The van der Waals surface area contributed by atoms with E-state index in [0.29, 0.717) is 6.42 Å². The first kappa shape index (κ1) is 15.0. The molecular formula is C18H27NO2. The van der Waals surface area contributed by atoms with E-state index in [1.165, 1.54) is 24.0 Å². The van der Waals surface area contributed by atoms with Crippen LogP contribution in [0.4, 0.5) is 0 Å². The minimum absolute atomic E-state index is 0.0341. The van der Waals surface area contributed by atoms with Crippen LogP contribution in [0.3, 0.4) is 0 Å². The van der Waals surface area contributed by atoms with Gasteiger partial charge in [-0.1, -0.05) is 24.3 Å². The Morgan fingerprint density at radius 1 is 1.29 bits per heavy atom. The van der Waals surface area contributed by atoms with Crippen LogP contribution in [-0.2, 0) is 11.2 Å². The minimum atomic E-state index is -0.369. The van der Waals surface area contributed by atoms with E-state index in [-0.39, 0.29) is 17.7 Å². The number of likely N-dealkylation sites (tertiary alicyclic amines) is 1. The first-order valence-corrected chi connectivity index (χ1v) is 8.21. The van der Waals surface area contributed by atoms with Gasteiger partial charge in [0.1, 0.15) is 0 Å². The summed E-state index contributed by atoms with van der Waals surface area (Å²) in [5.74, 6) is 0. The Morgan fingerprint density at radius 2 is 2.00 bits per heavy atom. The van der Waals surface area contributed by atoms with E-state index in [9.17, 15) is 5.11 Å². The van der Waals surface area contributed by atoms with Crippen LogP contribution in [0, 0.1) is 0 Å². The highest BCUT2D eigenvalue weighted by molar-refractivity contribution is 5.31. The van der Waals surface area contributed by atoms with Crippen molar-refractivity contribution in [1.82, 2.24) is 4.90 Å². The van der Waals surface area contributed by atoms with Crippen molar-refractivity contribution in [3.8, 4) is 0 Å². The highest BCUT2D eigenvalue weighted by Crippen LogP contribution is 2.34. The molecule has 0 bridgehead atoms. The van der Waals surface area contributed by atoms with E-state index in [1.54, 1.807) is 0 Å².